The predicted octanol–water partition coefficient (Wildman–Crippen LogP) is 6.15. The van der Waals surface area contributed by atoms with Gasteiger partial charge in [-0.15, -0.1) is 0 Å². The number of ether oxygens (including phenoxy) is 1. The van der Waals surface area contributed by atoms with Crippen molar-refractivity contribution in [3.63, 3.8) is 0 Å². The zero-order valence-electron chi connectivity index (χ0n) is 20.2. The van der Waals surface area contributed by atoms with E-state index in [4.69, 9.17) is 9.15 Å². The Morgan fingerprint density at radius 2 is 1.82 bits per heavy atom. The summed E-state index contributed by atoms with van der Waals surface area (Å²) in [6.45, 7) is 11.0. The van der Waals surface area contributed by atoms with Gasteiger partial charge in [-0.3, -0.25) is 4.79 Å². The molecule has 33 heavy (non-hydrogen) atoms. The van der Waals surface area contributed by atoms with Crippen molar-refractivity contribution in [1.82, 2.24) is 9.88 Å². The molecule has 1 amide bonds. The van der Waals surface area contributed by atoms with E-state index in [1.54, 1.807) is 6.92 Å². The first-order valence-electron chi connectivity index (χ1n) is 11.1. The standard InChI is InChI=1S/C27H30N2O4/c1-15-12-19(17(3)28-26(31)33-27(4,5)6)25-20(13-15)23(30)16(2)24(32-25)21-14-29(7)22-11-9-8-10-18(21)22/h8-14,17H,1-7H3,(H,28,31)/t17-/m1/s1. The van der Waals surface area contributed by atoms with Crippen LogP contribution in [0.1, 0.15) is 50.4 Å². The van der Waals surface area contributed by atoms with E-state index in [2.05, 4.69) is 5.32 Å². The molecule has 2 heterocycles. The number of nitrogens with one attached hydrogen (secondary N) is 1. The number of nitrogens with zero attached hydrogens (tertiary/aromatic N) is 1. The number of para-hydroxylation sites is 1. The van der Waals surface area contributed by atoms with Crippen LogP contribution in [0.3, 0.4) is 0 Å². The molecule has 1 N–H and O–H groups in total. The maximum absolute atomic E-state index is 13.4. The number of benzene rings is 2. The highest BCUT2D eigenvalue weighted by atomic mass is 16.6. The topological polar surface area (TPSA) is 73.5 Å². The minimum atomic E-state index is -0.607. The highest BCUT2D eigenvalue weighted by Crippen LogP contribution is 2.35. The molecule has 4 aromatic rings. The number of rotatable bonds is 3. The van der Waals surface area contributed by atoms with Crippen molar-refractivity contribution in [1.29, 1.82) is 0 Å². The summed E-state index contributed by atoms with van der Waals surface area (Å²) >= 11 is 0. The van der Waals surface area contributed by atoms with Gasteiger partial charge in [0.2, 0.25) is 0 Å². The fourth-order valence-corrected chi connectivity index (χ4v) is 4.23. The minimum Gasteiger partial charge on any atom is -0.455 e. The molecule has 0 aliphatic rings. The van der Waals surface area contributed by atoms with E-state index in [1.807, 2.05) is 88.8 Å². The fraction of sp³-hybridized carbons (Fsp3) is 0.333. The van der Waals surface area contributed by atoms with E-state index < -0.39 is 17.7 Å². The quantitative estimate of drug-likeness (QED) is 0.409. The molecular weight excluding hydrogens is 416 g/mol. The molecule has 0 aliphatic heterocycles. The molecule has 172 valence electrons. The van der Waals surface area contributed by atoms with Crippen molar-refractivity contribution in [3.05, 3.63) is 69.5 Å². The average molecular weight is 447 g/mol. The Kier molecular flexibility index (Phi) is 5.56. The molecule has 4 rings (SSSR count). The summed E-state index contributed by atoms with van der Waals surface area (Å²) in [7, 11) is 1.97. The molecular formula is C27H30N2O4. The van der Waals surface area contributed by atoms with E-state index in [0.29, 0.717) is 22.3 Å². The van der Waals surface area contributed by atoms with E-state index >= 15 is 0 Å². The number of hydrogen-bond acceptors (Lipinski definition) is 4. The first kappa shape index (κ1) is 22.6. The van der Waals surface area contributed by atoms with Crippen LogP contribution in [0.4, 0.5) is 4.79 Å². The van der Waals surface area contributed by atoms with Crippen molar-refractivity contribution >= 4 is 28.0 Å². The third kappa shape index (κ3) is 4.25. The molecule has 0 unspecified atom stereocenters. The normalized spacial score (nSPS) is 12.8. The van der Waals surface area contributed by atoms with Crippen LogP contribution < -0.4 is 10.7 Å². The summed E-state index contributed by atoms with van der Waals surface area (Å²) < 4.78 is 13.9. The van der Waals surface area contributed by atoms with Gasteiger partial charge in [0.05, 0.1) is 11.4 Å². The predicted molar refractivity (Wildman–Crippen MR) is 132 cm³/mol. The van der Waals surface area contributed by atoms with Crippen molar-refractivity contribution in [2.24, 2.45) is 7.05 Å². The maximum Gasteiger partial charge on any atom is 0.408 e. The summed E-state index contributed by atoms with van der Waals surface area (Å²) in [5.74, 6) is 0.541. The second-order valence-electron chi connectivity index (χ2n) is 9.65. The van der Waals surface area contributed by atoms with Gasteiger partial charge in [-0.25, -0.2) is 4.79 Å². The van der Waals surface area contributed by atoms with Crippen LogP contribution >= 0.6 is 0 Å². The number of carbonyl (C=O) groups excluding carboxylic acids is 1. The Hall–Kier alpha value is -3.54. The molecule has 0 saturated carbocycles. The second kappa shape index (κ2) is 8.10. The molecule has 0 fully saturated rings. The van der Waals surface area contributed by atoms with E-state index in [0.717, 1.165) is 27.6 Å². The highest BCUT2D eigenvalue weighted by Gasteiger charge is 2.23. The van der Waals surface area contributed by atoms with Crippen LogP contribution in [-0.4, -0.2) is 16.3 Å². The van der Waals surface area contributed by atoms with Crippen LogP contribution in [0, 0.1) is 13.8 Å². The molecule has 0 bridgehead atoms. The van der Waals surface area contributed by atoms with Crippen molar-refractivity contribution in [3.8, 4) is 11.3 Å². The van der Waals surface area contributed by atoms with E-state index in [9.17, 15) is 9.59 Å². The Morgan fingerprint density at radius 3 is 2.52 bits per heavy atom. The van der Waals surface area contributed by atoms with Crippen LogP contribution in [-0.2, 0) is 11.8 Å². The molecule has 2 aromatic carbocycles. The van der Waals surface area contributed by atoms with Gasteiger partial charge >= 0.3 is 6.09 Å². The van der Waals surface area contributed by atoms with Gasteiger partial charge in [0, 0.05) is 40.8 Å². The third-order valence-corrected chi connectivity index (χ3v) is 5.73. The van der Waals surface area contributed by atoms with Crippen molar-refractivity contribution < 1.29 is 13.9 Å². The fourth-order valence-electron chi connectivity index (χ4n) is 4.23. The second-order valence-corrected chi connectivity index (χ2v) is 9.65. The zero-order valence-corrected chi connectivity index (χ0v) is 20.2. The highest BCUT2D eigenvalue weighted by molar-refractivity contribution is 5.96. The molecule has 0 saturated heterocycles. The van der Waals surface area contributed by atoms with Gasteiger partial charge in [0.25, 0.3) is 0 Å². The molecule has 0 aliphatic carbocycles. The van der Waals surface area contributed by atoms with Crippen LogP contribution in [0.15, 0.2) is 51.8 Å². The van der Waals surface area contributed by atoms with Gasteiger partial charge in [-0.1, -0.05) is 24.3 Å². The van der Waals surface area contributed by atoms with Gasteiger partial charge in [-0.2, -0.15) is 0 Å². The van der Waals surface area contributed by atoms with Crippen molar-refractivity contribution in [2.45, 2.75) is 53.2 Å². The van der Waals surface area contributed by atoms with E-state index in [-0.39, 0.29) is 5.43 Å². The molecule has 6 heteroatoms. The number of alkyl carbamates (subject to hydrolysis) is 1. The van der Waals surface area contributed by atoms with Crippen LogP contribution in [0.2, 0.25) is 0 Å². The Labute approximate surface area is 193 Å². The molecule has 0 radical (unpaired) electrons. The Bertz CT molecular complexity index is 1440. The first-order chi connectivity index (χ1) is 15.5. The van der Waals surface area contributed by atoms with Gasteiger partial charge in [-0.05, 0) is 59.2 Å². The average Bonchev–Trinajstić information content (AvgIpc) is 3.05. The Balaban J connectivity index is 1.90. The van der Waals surface area contributed by atoms with Crippen molar-refractivity contribution in [2.75, 3.05) is 0 Å². The molecule has 1 atom stereocenters. The number of aryl methyl sites for hydroxylation is 2. The number of carbonyl (C=O) groups is 1. The van der Waals surface area contributed by atoms with Crippen LogP contribution in [0.5, 0.6) is 0 Å². The summed E-state index contributed by atoms with van der Waals surface area (Å²) in [6.07, 6.45) is 1.46. The summed E-state index contributed by atoms with van der Waals surface area (Å²) in [4.78, 5) is 25.8. The minimum absolute atomic E-state index is 0.0754. The van der Waals surface area contributed by atoms with Gasteiger partial charge < -0.3 is 19.0 Å². The van der Waals surface area contributed by atoms with Gasteiger partial charge in [0.15, 0.2) is 5.43 Å². The smallest absolute Gasteiger partial charge is 0.408 e. The first-order valence-corrected chi connectivity index (χ1v) is 11.1. The lowest BCUT2D eigenvalue weighted by atomic mass is 9.99. The lowest BCUT2D eigenvalue weighted by molar-refractivity contribution is 0.0508. The SMILES string of the molecule is Cc1cc([C@@H](C)NC(=O)OC(C)(C)C)c2oc(-c3cn(C)c4ccccc34)c(C)c(=O)c2c1. The Morgan fingerprint density at radius 1 is 1.12 bits per heavy atom. The zero-order chi connectivity index (χ0) is 24.1. The number of fused-ring (bicyclic) bond motifs is 2. The third-order valence-electron chi connectivity index (χ3n) is 5.73. The number of aromatic nitrogens is 1. The molecule has 0 spiro atoms. The maximum atomic E-state index is 13.4. The lowest BCUT2D eigenvalue weighted by Gasteiger charge is -2.22. The van der Waals surface area contributed by atoms with Crippen LogP contribution in [0.25, 0.3) is 33.2 Å². The van der Waals surface area contributed by atoms with Gasteiger partial charge in [0.1, 0.15) is 16.9 Å². The monoisotopic (exact) mass is 446 g/mol. The summed E-state index contributed by atoms with van der Waals surface area (Å²) in [6, 6.07) is 11.4. The summed E-state index contributed by atoms with van der Waals surface area (Å²) in [5, 5.41) is 4.39. The molecule has 6 nitrogen and oxygen atoms in total. The van der Waals surface area contributed by atoms with E-state index in [1.165, 1.54) is 0 Å². The summed E-state index contributed by atoms with van der Waals surface area (Å²) in [5.41, 5.74) is 3.92. The number of amides is 1. The molecule has 2 aromatic heterocycles. The largest absolute Gasteiger partial charge is 0.455 e. The lowest BCUT2D eigenvalue weighted by Crippen LogP contribution is -2.34. The number of hydrogen-bond donors (Lipinski definition) is 1.